The van der Waals surface area contributed by atoms with Gasteiger partial charge in [-0.1, -0.05) is 30.3 Å². The first-order chi connectivity index (χ1) is 14.1. The molecule has 2 fully saturated rings. The molecule has 0 spiro atoms. The maximum atomic E-state index is 5.99. The Hall–Kier alpha value is -0.900. The fourth-order valence-corrected chi connectivity index (χ4v) is 4.22. The number of benzene rings is 1. The van der Waals surface area contributed by atoms with Gasteiger partial charge in [0.2, 0.25) is 0 Å². The van der Waals surface area contributed by atoms with Crippen molar-refractivity contribution in [2.75, 3.05) is 60.1 Å². The van der Waals surface area contributed by atoms with Crippen molar-refractivity contribution >= 4 is 29.9 Å². The van der Waals surface area contributed by atoms with Gasteiger partial charge < -0.3 is 24.6 Å². The molecule has 1 unspecified atom stereocenters. The molecule has 3 rings (SSSR count). The lowest BCUT2D eigenvalue weighted by molar-refractivity contribution is -0.00263. The predicted molar refractivity (Wildman–Crippen MR) is 134 cm³/mol. The molecule has 0 aromatic heterocycles. The molecule has 2 aliphatic rings. The minimum atomic E-state index is 0. The predicted octanol–water partition coefficient (Wildman–Crippen LogP) is 3.22. The number of aliphatic imine (C=N–C) groups is 1. The SMILES string of the molecule is CCNC(=NCC1(N(C)C)CCOCC1)N1CCC(COCc2ccccc2)C1.I. The van der Waals surface area contributed by atoms with Crippen LogP contribution in [0.5, 0.6) is 0 Å². The minimum Gasteiger partial charge on any atom is -0.381 e. The highest BCUT2D eigenvalue weighted by Gasteiger charge is 2.35. The number of ether oxygens (including phenoxy) is 2. The van der Waals surface area contributed by atoms with Crippen LogP contribution in [-0.2, 0) is 16.1 Å². The smallest absolute Gasteiger partial charge is 0.193 e. The Morgan fingerprint density at radius 3 is 2.67 bits per heavy atom. The third-order valence-corrected chi connectivity index (χ3v) is 6.28. The molecule has 0 radical (unpaired) electrons. The van der Waals surface area contributed by atoms with E-state index in [9.17, 15) is 0 Å². The van der Waals surface area contributed by atoms with Crippen LogP contribution < -0.4 is 5.32 Å². The topological polar surface area (TPSA) is 49.3 Å². The van der Waals surface area contributed by atoms with Crippen LogP contribution in [0.4, 0.5) is 0 Å². The minimum absolute atomic E-state index is 0. The van der Waals surface area contributed by atoms with Gasteiger partial charge in [0, 0.05) is 44.3 Å². The molecule has 1 aromatic rings. The quantitative estimate of drug-likeness (QED) is 0.318. The summed E-state index contributed by atoms with van der Waals surface area (Å²) in [5.41, 5.74) is 1.35. The molecule has 0 amide bonds. The van der Waals surface area contributed by atoms with Gasteiger partial charge in [0.05, 0.1) is 19.8 Å². The first-order valence-corrected chi connectivity index (χ1v) is 11.0. The Bertz CT molecular complexity index is 635. The van der Waals surface area contributed by atoms with E-state index in [-0.39, 0.29) is 29.5 Å². The first kappa shape index (κ1) is 25.4. The van der Waals surface area contributed by atoms with Gasteiger partial charge in [-0.05, 0) is 45.8 Å². The van der Waals surface area contributed by atoms with Crippen molar-refractivity contribution < 1.29 is 9.47 Å². The molecule has 0 saturated carbocycles. The highest BCUT2D eigenvalue weighted by Crippen LogP contribution is 2.26. The third kappa shape index (κ3) is 7.07. The molecule has 2 aliphatic heterocycles. The van der Waals surface area contributed by atoms with Crippen molar-refractivity contribution in [1.82, 2.24) is 15.1 Å². The summed E-state index contributed by atoms with van der Waals surface area (Å²) in [4.78, 5) is 9.81. The van der Waals surface area contributed by atoms with E-state index in [0.717, 1.165) is 71.2 Å². The van der Waals surface area contributed by atoms with Gasteiger partial charge in [0.1, 0.15) is 0 Å². The van der Waals surface area contributed by atoms with Gasteiger partial charge in [-0.2, -0.15) is 0 Å². The molecule has 2 saturated heterocycles. The van der Waals surface area contributed by atoms with Crippen molar-refractivity contribution in [3.63, 3.8) is 0 Å². The summed E-state index contributed by atoms with van der Waals surface area (Å²) >= 11 is 0. The number of nitrogens with zero attached hydrogens (tertiary/aromatic N) is 3. The number of likely N-dealkylation sites (N-methyl/N-ethyl adjacent to an activating group) is 1. The summed E-state index contributed by atoms with van der Waals surface area (Å²) in [7, 11) is 4.34. The van der Waals surface area contributed by atoms with E-state index in [4.69, 9.17) is 14.5 Å². The molecule has 2 heterocycles. The number of guanidine groups is 1. The van der Waals surface area contributed by atoms with Crippen LogP contribution in [0.15, 0.2) is 35.3 Å². The maximum absolute atomic E-state index is 5.99. The van der Waals surface area contributed by atoms with E-state index in [1.54, 1.807) is 0 Å². The zero-order valence-corrected chi connectivity index (χ0v) is 21.1. The Morgan fingerprint density at radius 1 is 1.27 bits per heavy atom. The van der Waals surface area contributed by atoms with Crippen molar-refractivity contribution in [2.24, 2.45) is 10.9 Å². The molecule has 1 N–H and O–H groups in total. The molecular weight excluding hydrogens is 491 g/mol. The van der Waals surface area contributed by atoms with Crippen LogP contribution in [0.3, 0.4) is 0 Å². The monoisotopic (exact) mass is 530 g/mol. The zero-order valence-electron chi connectivity index (χ0n) is 18.8. The van der Waals surface area contributed by atoms with Crippen LogP contribution in [0.2, 0.25) is 0 Å². The van der Waals surface area contributed by atoms with Crippen LogP contribution in [-0.4, -0.2) is 81.4 Å². The van der Waals surface area contributed by atoms with Crippen molar-refractivity contribution in [3.8, 4) is 0 Å². The maximum Gasteiger partial charge on any atom is 0.193 e. The Balaban J connectivity index is 0.00000320. The molecule has 6 nitrogen and oxygen atoms in total. The van der Waals surface area contributed by atoms with E-state index < -0.39 is 0 Å². The lowest BCUT2D eigenvalue weighted by Crippen LogP contribution is -2.52. The molecule has 1 atom stereocenters. The van der Waals surface area contributed by atoms with Gasteiger partial charge in [0.15, 0.2) is 5.96 Å². The second kappa shape index (κ2) is 12.8. The van der Waals surface area contributed by atoms with Gasteiger partial charge >= 0.3 is 0 Å². The third-order valence-electron chi connectivity index (χ3n) is 6.28. The van der Waals surface area contributed by atoms with Gasteiger partial charge in [-0.3, -0.25) is 4.99 Å². The molecule has 0 aliphatic carbocycles. The summed E-state index contributed by atoms with van der Waals surface area (Å²) in [6.45, 7) is 9.07. The summed E-state index contributed by atoms with van der Waals surface area (Å²) in [5.74, 6) is 1.61. The largest absolute Gasteiger partial charge is 0.381 e. The van der Waals surface area contributed by atoms with Crippen LogP contribution >= 0.6 is 24.0 Å². The summed E-state index contributed by atoms with van der Waals surface area (Å²) in [6, 6.07) is 10.4. The van der Waals surface area contributed by atoms with Crippen molar-refractivity contribution in [1.29, 1.82) is 0 Å². The summed E-state index contributed by atoms with van der Waals surface area (Å²) < 4.78 is 11.6. The molecule has 30 heavy (non-hydrogen) atoms. The number of nitrogens with one attached hydrogen (secondary N) is 1. The molecular formula is C23H39IN4O2. The second-order valence-corrected chi connectivity index (χ2v) is 8.50. The van der Waals surface area contributed by atoms with Gasteiger partial charge in [-0.25, -0.2) is 0 Å². The number of hydrogen-bond donors (Lipinski definition) is 1. The van der Waals surface area contributed by atoms with E-state index >= 15 is 0 Å². The molecule has 0 bridgehead atoms. The zero-order chi connectivity index (χ0) is 20.5. The molecule has 1 aromatic carbocycles. The standard InChI is InChI=1S/C23H38N4O2.HI/c1-4-24-22(25-19-23(26(2)3)11-14-28-15-12-23)27-13-10-21(16-27)18-29-17-20-8-6-5-7-9-20;/h5-9,21H,4,10-19H2,1-3H3,(H,24,25);1H. The average molecular weight is 530 g/mol. The van der Waals surface area contributed by atoms with E-state index in [0.29, 0.717) is 12.5 Å². The first-order valence-electron chi connectivity index (χ1n) is 11.0. The molecule has 170 valence electrons. The fraction of sp³-hybridized carbons (Fsp3) is 0.696. The van der Waals surface area contributed by atoms with Crippen molar-refractivity contribution in [3.05, 3.63) is 35.9 Å². The second-order valence-electron chi connectivity index (χ2n) is 8.50. The average Bonchev–Trinajstić information content (AvgIpc) is 3.21. The number of hydrogen-bond acceptors (Lipinski definition) is 4. The van der Waals surface area contributed by atoms with Crippen LogP contribution in [0, 0.1) is 5.92 Å². The lowest BCUT2D eigenvalue weighted by atomic mass is 9.89. The molecule has 7 heteroatoms. The highest BCUT2D eigenvalue weighted by molar-refractivity contribution is 14.0. The van der Waals surface area contributed by atoms with Crippen molar-refractivity contribution in [2.45, 2.75) is 38.3 Å². The number of rotatable bonds is 8. The lowest BCUT2D eigenvalue weighted by Gasteiger charge is -2.42. The van der Waals surface area contributed by atoms with E-state index in [2.05, 4.69) is 60.4 Å². The number of halogens is 1. The van der Waals surface area contributed by atoms with Gasteiger partial charge in [-0.15, -0.1) is 24.0 Å². The Morgan fingerprint density at radius 2 is 2.00 bits per heavy atom. The van der Waals surface area contributed by atoms with E-state index in [1.807, 2.05) is 6.07 Å². The van der Waals surface area contributed by atoms with E-state index in [1.165, 1.54) is 5.56 Å². The fourth-order valence-electron chi connectivity index (χ4n) is 4.22. The highest BCUT2D eigenvalue weighted by atomic mass is 127. The number of likely N-dealkylation sites (tertiary alicyclic amines) is 1. The Labute approximate surface area is 199 Å². The van der Waals surface area contributed by atoms with Gasteiger partial charge in [0.25, 0.3) is 0 Å². The van der Waals surface area contributed by atoms with Crippen LogP contribution in [0.1, 0.15) is 31.7 Å². The Kier molecular flexibility index (Phi) is 10.8. The normalized spacial score (nSPS) is 21.5. The summed E-state index contributed by atoms with van der Waals surface area (Å²) in [6.07, 6.45) is 3.24. The van der Waals surface area contributed by atoms with Crippen LogP contribution in [0.25, 0.3) is 0 Å². The summed E-state index contributed by atoms with van der Waals surface area (Å²) in [5, 5.41) is 3.51.